The van der Waals surface area contributed by atoms with Crippen LogP contribution in [0, 0.1) is 6.92 Å². The van der Waals surface area contributed by atoms with Crippen LogP contribution in [0.15, 0.2) is 41.9 Å². The fraction of sp³-hybridized carbons (Fsp3) is 0.381. The van der Waals surface area contributed by atoms with Crippen LogP contribution in [0.3, 0.4) is 0 Å². The molecule has 1 aromatic carbocycles. The number of benzene rings is 1. The fourth-order valence-corrected chi connectivity index (χ4v) is 4.60. The summed E-state index contributed by atoms with van der Waals surface area (Å²) in [7, 11) is 0. The van der Waals surface area contributed by atoms with Crippen molar-refractivity contribution in [1.82, 2.24) is 19.7 Å². The van der Waals surface area contributed by atoms with Crippen LogP contribution in [-0.2, 0) is 11.3 Å². The number of thiazole rings is 1. The van der Waals surface area contributed by atoms with Gasteiger partial charge in [-0.1, -0.05) is 29.8 Å². The molecule has 9 heteroatoms. The smallest absolute Gasteiger partial charge is 0.239 e. The first-order valence-corrected chi connectivity index (χ1v) is 11.3. The Morgan fingerprint density at radius 2 is 2.07 bits per heavy atom. The van der Waals surface area contributed by atoms with Gasteiger partial charge >= 0.3 is 0 Å². The van der Waals surface area contributed by atoms with Gasteiger partial charge < -0.3 is 10.2 Å². The molecule has 0 radical (unpaired) electrons. The molecule has 1 amide bonds. The van der Waals surface area contributed by atoms with Gasteiger partial charge in [0, 0.05) is 42.6 Å². The number of carbonyl (C=O) groups is 1. The number of hydrogen-bond donors (Lipinski definition) is 1. The Labute approximate surface area is 185 Å². The lowest BCUT2D eigenvalue weighted by Crippen LogP contribution is -2.36. The van der Waals surface area contributed by atoms with Gasteiger partial charge in [0.2, 0.25) is 5.91 Å². The first-order valence-electron chi connectivity index (χ1n) is 10.0. The van der Waals surface area contributed by atoms with E-state index >= 15 is 0 Å². The second-order valence-electron chi connectivity index (χ2n) is 7.40. The number of hydrogen-bond acceptors (Lipinski definition) is 6. The summed E-state index contributed by atoms with van der Waals surface area (Å²) in [4.78, 5) is 21.8. The molecule has 4 rings (SSSR count). The molecule has 1 aliphatic rings. The molecule has 0 aliphatic carbocycles. The highest BCUT2D eigenvalue weighted by molar-refractivity contribution is 7.13. The lowest BCUT2D eigenvalue weighted by atomic mass is 10.2. The normalized spacial score (nSPS) is 15.2. The summed E-state index contributed by atoms with van der Waals surface area (Å²) in [5, 5.41) is 11.2. The number of anilines is 2. The molecule has 7 nitrogen and oxygen atoms in total. The van der Waals surface area contributed by atoms with Crippen LogP contribution in [-0.4, -0.2) is 58.3 Å². The Morgan fingerprint density at radius 3 is 2.87 bits per heavy atom. The number of halogens is 1. The number of amides is 1. The minimum atomic E-state index is -0.0329. The van der Waals surface area contributed by atoms with E-state index in [-0.39, 0.29) is 5.91 Å². The molecule has 158 valence electrons. The van der Waals surface area contributed by atoms with E-state index in [1.165, 1.54) is 0 Å². The standard InChI is InChI=1S/C21H25ClN6OS/c1-16-15-30-21(24-16)27-10-4-9-26(11-12-27)14-20(29)25-19-7-8-23-28(19)13-17-5-2-3-6-18(17)22/h2-3,5-8,15H,4,9-14H2,1H3,(H,25,29). The van der Waals surface area contributed by atoms with Gasteiger partial charge in [0.15, 0.2) is 5.13 Å². The highest BCUT2D eigenvalue weighted by Crippen LogP contribution is 2.21. The van der Waals surface area contributed by atoms with E-state index in [1.54, 1.807) is 22.2 Å². The van der Waals surface area contributed by atoms with Crippen LogP contribution in [0.5, 0.6) is 0 Å². The summed E-state index contributed by atoms with van der Waals surface area (Å²) < 4.78 is 1.76. The lowest BCUT2D eigenvalue weighted by molar-refractivity contribution is -0.117. The van der Waals surface area contributed by atoms with Crippen molar-refractivity contribution >= 4 is 39.8 Å². The monoisotopic (exact) mass is 444 g/mol. The molecule has 0 atom stereocenters. The highest BCUT2D eigenvalue weighted by atomic mass is 35.5. The van der Waals surface area contributed by atoms with Gasteiger partial charge in [-0.15, -0.1) is 11.3 Å². The molecule has 1 fully saturated rings. The molecule has 3 heterocycles. The predicted octanol–water partition coefficient (Wildman–Crippen LogP) is 3.50. The maximum Gasteiger partial charge on any atom is 0.239 e. The highest BCUT2D eigenvalue weighted by Gasteiger charge is 2.19. The lowest BCUT2D eigenvalue weighted by Gasteiger charge is -2.21. The second kappa shape index (κ2) is 9.59. The maximum absolute atomic E-state index is 12.7. The number of aromatic nitrogens is 3. The summed E-state index contributed by atoms with van der Waals surface area (Å²) in [5.41, 5.74) is 2.02. The van der Waals surface area contributed by atoms with E-state index < -0.39 is 0 Å². The maximum atomic E-state index is 12.7. The summed E-state index contributed by atoms with van der Waals surface area (Å²) in [6, 6.07) is 9.47. The number of nitrogens with one attached hydrogen (secondary N) is 1. The second-order valence-corrected chi connectivity index (χ2v) is 8.65. The van der Waals surface area contributed by atoms with Crippen molar-refractivity contribution < 1.29 is 4.79 Å². The van der Waals surface area contributed by atoms with Crippen molar-refractivity contribution in [2.75, 3.05) is 42.9 Å². The van der Waals surface area contributed by atoms with Crippen molar-refractivity contribution in [2.24, 2.45) is 0 Å². The van der Waals surface area contributed by atoms with Crippen LogP contribution in [0.4, 0.5) is 10.9 Å². The largest absolute Gasteiger partial charge is 0.347 e. The third-order valence-corrected chi connectivity index (χ3v) is 6.48. The summed E-state index contributed by atoms with van der Waals surface area (Å²) in [6.45, 7) is 6.47. The minimum absolute atomic E-state index is 0.0329. The third kappa shape index (κ3) is 5.19. The van der Waals surface area contributed by atoms with Crippen LogP contribution in [0.2, 0.25) is 5.02 Å². The van der Waals surface area contributed by atoms with E-state index in [0.29, 0.717) is 23.9 Å². The van der Waals surface area contributed by atoms with Gasteiger partial charge in [0.1, 0.15) is 5.82 Å². The van der Waals surface area contributed by atoms with Crippen molar-refractivity contribution in [1.29, 1.82) is 0 Å². The molecule has 0 saturated carbocycles. The fourth-order valence-electron chi connectivity index (χ4n) is 3.55. The van der Waals surface area contributed by atoms with E-state index in [9.17, 15) is 4.79 Å². The Hall–Kier alpha value is -2.42. The Morgan fingerprint density at radius 1 is 1.20 bits per heavy atom. The van der Waals surface area contributed by atoms with E-state index in [1.807, 2.05) is 37.3 Å². The van der Waals surface area contributed by atoms with Crippen LogP contribution in [0.25, 0.3) is 0 Å². The predicted molar refractivity (Wildman–Crippen MR) is 122 cm³/mol. The zero-order chi connectivity index (χ0) is 20.9. The van der Waals surface area contributed by atoms with Crippen molar-refractivity contribution in [2.45, 2.75) is 19.9 Å². The molecule has 2 aromatic heterocycles. The zero-order valence-corrected chi connectivity index (χ0v) is 18.5. The van der Waals surface area contributed by atoms with E-state index in [2.05, 4.69) is 30.6 Å². The zero-order valence-electron chi connectivity index (χ0n) is 16.9. The molecule has 30 heavy (non-hydrogen) atoms. The van der Waals surface area contributed by atoms with Gasteiger partial charge in [-0.25, -0.2) is 9.67 Å². The molecule has 1 saturated heterocycles. The number of nitrogens with zero attached hydrogens (tertiary/aromatic N) is 5. The van der Waals surface area contributed by atoms with Crippen molar-refractivity contribution in [3.05, 3.63) is 58.2 Å². The van der Waals surface area contributed by atoms with Gasteiger partial charge in [-0.05, 0) is 25.0 Å². The van der Waals surface area contributed by atoms with Crippen LogP contribution in [0.1, 0.15) is 17.7 Å². The first kappa shape index (κ1) is 20.8. The summed E-state index contributed by atoms with van der Waals surface area (Å²) >= 11 is 7.94. The average Bonchev–Trinajstić information content (AvgIpc) is 3.27. The van der Waals surface area contributed by atoms with Crippen molar-refractivity contribution in [3.8, 4) is 0 Å². The molecular formula is C21H25ClN6OS. The molecular weight excluding hydrogens is 420 g/mol. The summed E-state index contributed by atoms with van der Waals surface area (Å²) in [6.07, 6.45) is 2.70. The quantitative estimate of drug-likeness (QED) is 0.630. The Bertz CT molecular complexity index is 1000. The van der Waals surface area contributed by atoms with Crippen molar-refractivity contribution in [3.63, 3.8) is 0 Å². The summed E-state index contributed by atoms with van der Waals surface area (Å²) in [5.74, 6) is 0.643. The van der Waals surface area contributed by atoms with Gasteiger partial charge in [-0.2, -0.15) is 5.10 Å². The van der Waals surface area contributed by atoms with E-state index in [4.69, 9.17) is 11.6 Å². The Balaban J connectivity index is 1.32. The number of rotatable bonds is 6. The molecule has 3 aromatic rings. The SMILES string of the molecule is Cc1csc(N2CCCN(CC(=O)Nc3ccnn3Cc3ccccc3Cl)CC2)n1. The van der Waals surface area contributed by atoms with Crippen LogP contribution < -0.4 is 10.2 Å². The molecule has 0 bridgehead atoms. The third-order valence-electron chi connectivity index (χ3n) is 5.10. The average molecular weight is 445 g/mol. The van der Waals surface area contributed by atoms with Gasteiger partial charge in [0.05, 0.1) is 25.0 Å². The number of carbonyl (C=O) groups excluding carboxylic acids is 1. The Kier molecular flexibility index (Phi) is 6.66. The van der Waals surface area contributed by atoms with E-state index in [0.717, 1.165) is 49.0 Å². The minimum Gasteiger partial charge on any atom is -0.347 e. The molecule has 1 N–H and O–H groups in total. The topological polar surface area (TPSA) is 66.3 Å². The molecule has 0 spiro atoms. The molecule has 1 aliphatic heterocycles. The van der Waals surface area contributed by atoms with Crippen LogP contribution >= 0.6 is 22.9 Å². The first-order chi connectivity index (χ1) is 14.6. The molecule has 0 unspecified atom stereocenters. The van der Waals surface area contributed by atoms with Gasteiger partial charge in [0.25, 0.3) is 0 Å². The van der Waals surface area contributed by atoms with Gasteiger partial charge in [-0.3, -0.25) is 9.69 Å². The number of aryl methyl sites for hydroxylation is 1.